The van der Waals surface area contributed by atoms with Gasteiger partial charge in [0.1, 0.15) is 0 Å². The molecule has 4 nitrogen and oxygen atoms in total. The van der Waals surface area contributed by atoms with Gasteiger partial charge in [-0.15, -0.1) is 0 Å². The van der Waals surface area contributed by atoms with Crippen LogP contribution in [0.15, 0.2) is 71.8 Å². The largest absolute Gasteiger partial charge is 0.388 e. The lowest BCUT2D eigenvalue weighted by atomic mass is 10.1. The molecule has 0 aliphatic carbocycles. The maximum absolute atomic E-state index is 4.36. The van der Waals surface area contributed by atoms with E-state index in [9.17, 15) is 0 Å². The Morgan fingerprint density at radius 2 is 2.04 bits per heavy atom. The van der Waals surface area contributed by atoms with Crippen LogP contribution in [0.4, 0.5) is 5.69 Å². The molecule has 0 bridgehead atoms. The molecule has 0 spiro atoms. The number of imidazole rings is 1. The lowest BCUT2D eigenvalue weighted by Gasteiger charge is -2.28. The summed E-state index contributed by atoms with van der Waals surface area (Å²) in [6.45, 7) is 3.25. The molecule has 1 aliphatic rings. The molecule has 0 saturated carbocycles. The molecule has 1 aromatic heterocycles. The van der Waals surface area contributed by atoms with Crippen LogP contribution in [0.5, 0.6) is 0 Å². The highest BCUT2D eigenvalue weighted by atomic mass is 32.2. The summed E-state index contributed by atoms with van der Waals surface area (Å²) in [7, 11) is 3.97. The van der Waals surface area contributed by atoms with E-state index in [0.717, 1.165) is 23.1 Å². The summed E-state index contributed by atoms with van der Waals surface area (Å²) in [5.41, 5.74) is 3.59. The first kappa shape index (κ1) is 18.4. The second kappa shape index (κ2) is 8.81. The monoisotopic (exact) mass is 366 g/mol. The van der Waals surface area contributed by atoms with Crippen molar-refractivity contribution in [1.29, 1.82) is 0 Å². The molecule has 0 amide bonds. The van der Waals surface area contributed by atoms with Gasteiger partial charge in [0.2, 0.25) is 0 Å². The van der Waals surface area contributed by atoms with E-state index in [2.05, 4.69) is 81.5 Å². The van der Waals surface area contributed by atoms with Gasteiger partial charge in [-0.3, -0.25) is 0 Å². The van der Waals surface area contributed by atoms with Crippen LogP contribution in [0.1, 0.15) is 12.5 Å². The van der Waals surface area contributed by atoms with Crippen LogP contribution >= 0.6 is 11.8 Å². The first-order valence-corrected chi connectivity index (χ1v) is 9.86. The Morgan fingerprint density at radius 1 is 1.23 bits per heavy atom. The Labute approximate surface area is 160 Å². The lowest BCUT2D eigenvalue weighted by molar-refractivity contribution is 0.352. The van der Waals surface area contributed by atoms with Crippen molar-refractivity contribution in [3.05, 3.63) is 72.2 Å². The molecule has 26 heavy (non-hydrogen) atoms. The van der Waals surface area contributed by atoms with Crippen LogP contribution in [0.25, 0.3) is 6.08 Å². The number of aryl methyl sites for hydroxylation is 1. The Balaban J connectivity index is 1.51. The zero-order valence-corrected chi connectivity index (χ0v) is 16.4. The molecule has 3 rings (SSSR count). The standard InChI is InChI=1S/C21H26N4S/c1-17-16-19(5-4-18-6-8-20(22-2)9-7-18)10-12-25(17)14-15-26-21-23-11-13-24(21)3/h4-13,16-17,22H,14-15H2,1-3H3/b5-4+. The summed E-state index contributed by atoms with van der Waals surface area (Å²) in [5.74, 6) is 1.02. The average Bonchev–Trinajstić information content (AvgIpc) is 3.07. The second-order valence-corrected chi connectivity index (χ2v) is 7.40. The average molecular weight is 367 g/mol. The second-order valence-electron chi connectivity index (χ2n) is 6.34. The van der Waals surface area contributed by atoms with Crippen LogP contribution in [0.3, 0.4) is 0 Å². The van der Waals surface area contributed by atoms with Crippen LogP contribution in [0.2, 0.25) is 0 Å². The third-order valence-electron chi connectivity index (χ3n) is 4.44. The fourth-order valence-corrected chi connectivity index (χ4v) is 3.71. The molecule has 1 atom stereocenters. The van der Waals surface area contributed by atoms with Crippen LogP contribution < -0.4 is 5.32 Å². The summed E-state index contributed by atoms with van der Waals surface area (Å²) >= 11 is 1.80. The van der Waals surface area contributed by atoms with Gasteiger partial charge in [0.05, 0.1) is 0 Å². The predicted octanol–water partition coefficient (Wildman–Crippen LogP) is 4.41. The van der Waals surface area contributed by atoms with Gasteiger partial charge in [-0.05, 0) is 36.3 Å². The number of hydrogen-bond acceptors (Lipinski definition) is 4. The van der Waals surface area contributed by atoms with Crippen molar-refractivity contribution in [3.8, 4) is 0 Å². The topological polar surface area (TPSA) is 33.1 Å². The zero-order valence-electron chi connectivity index (χ0n) is 15.6. The van der Waals surface area contributed by atoms with Crippen molar-refractivity contribution >= 4 is 23.5 Å². The maximum atomic E-state index is 4.36. The quantitative estimate of drug-likeness (QED) is 0.736. The van der Waals surface area contributed by atoms with Gasteiger partial charge in [-0.25, -0.2) is 4.98 Å². The number of nitrogens with zero attached hydrogens (tertiary/aromatic N) is 3. The molecule has 0 radical (unpaired) electrons. The first-order chi connectivity index (χ1) is 12.7. The van der Waals surface area contributed by atoms with E-state index in [1.54, 1.807) is 11.8 Å². The SMILES string of the molecule is CNc1ccc(/C=C/C2=CC(C)N(CCSc3nccn3C)C=C2)cc1. The molecule has 5 heteroatoms. The summed E-state index contributed by atoms with van der Waals surface area (Å²) in [4.78, 5) is 6.73. The summed E-state index contributed by atoms with van der Waals surface area (Å²) < 4.78 is 2.06. The molecule has 1 N–H and O–H groups in total. The Bertz CT molecular complexity index is 802. The van der Waals surface area contributed by atoms with Gasteiger partial charge in [-0.1, -0.05) is 42.1 Å². The molecule has 0 fully saturated rings. The fraction of sp³-hybridized carbons (Fsp3) is 0.286. The fourth-order valence-electron chi connectivity index (χ4n) is 2.82. The third-order valence-corrected chi connectivity index (χ3v) is 5.48. The zero-order chi connectivity index (χ0) is 18.4. The van der Waals surface area contributed by atoms with E-state index >= 15 is 0 Å². The number of anilines is 1. The summed E-state index contributed by atoms with van der Waals surface area (Å²) in [5, 5.41) is 4.21. The molecule has 136 valence electrons. The van der Waals surface area contributed by atoms with Crippen LogP contribution in [-0.4, -0.2) is 39.8 Å². The van der Waals surface area contributed by atoms with Crippen molar-refractivity contribution < 1.29 is 0 Å². The predicted molar refractivity (Wildman–Crippen MR) is 112 cm³/mol. The normalized spacial score (nSPS) is 17.0. The van der Waals surface area contributed by atoms with Crippen molar-refractivity contribution in [2.75, 3.05) is 24.7 Å². The Kier molecular flexibility index (Phi) is 6.23. The first-order valence-electron chi connectivity index (χ1n) is 8.87. The Morgan fingerprint density at radius 3 is 2.69 bits per heavy atom. The molecule has 2 heterocycles. The van der Waals surface area contributed by atoms with E-state index in [1.165, 1.54) is 11.1 Å². The Hall–Kier alpha value is -2.40. The van der Waals surface area contributed by atoms with Gasteiger partial charge >= 0.3 is 0 Å². The van der Waals surface area contributed by atoms with Crippen molar-refractivity contribution in [2.24, 2.45) is 7.05 Å². The van der Waals surface area contributed by atoms with Gasteiger partial charge in [0, 0.05) is 56.7 Å². The van der Waals surface area contributed by atoms with Crippen molar-refractivity contribution in [1.82, 2.24) is 14.5 Å². The number of aromatic nitrogens is 2. The van der Waals surface area contributed by atoms with E-state index in [-0.39, 0.29) is 0 Å². The third kappa shape index (κ3) is 4.82. The minimum atomic E-state index is 0.397. The minimum Gasteiger partial charge on any atom is -0.388 e. The van der Waals surface area contributed by atoms with Gasteiger partial charge in [-0.2, -0.15) is 0 Å². The number of nitrogens with one attached hydrogen (secondary N) is 1. The van der Waals surface area contributed by atoms with E-state index < -0.39 is 0 Å². The minimum absolute atomic E-state index is 0.397. The highest BCUT2D eigenvalue weighted by molar-refractivity contribution is 7.99. The van der Waals surface area contributed by atoms with Crippen molar-refractivity contribution in [2.45, 2.75) is 18.1 Å². The maximum Gasteiger partial charge on any atom is 0.167 e. The smallest absolute Gasteiger partial charge is 0.167 e. The van der Waals surface area contributed by atoms with Crippen molar-refractivity contribution in [3.63, 3.8) is 0 Å². The van der Waals surface area contributed by atoms with Crippen LogP contribution in [-0.2, 0) is 7.05 Å². The highest BCUT2D eigenvalue weighted by Gasteiger charge is 2.12. The molecule has 0 saturated heterocycles. The molecule has 1 aliphatic heterocycles. The van der Waals surface area contributed by atoms with Gasteiger partial charge in [0.25, 0.3) is 0 Å². The number of allylic oxidation sites excluding steroid dienone is 3. The van der Waals surface area contributed by atoms with Crippen LogP contribution in [0, 0.1) is 0 Å². The summed E-state index contributed by atoms with van der Waals surface area (Å²) in [6.07, 6.45) is 14.9. The van der Waals surface area contributed by atoms with E-state index in [4.69, 9.17) is 0 Å². The number of benzene rings is 1. The molecular weight excluding hydrogens is 340 g/mol. The number of hydrogen-bond donors (Lipinski definition) is 1. The molecular formula is C21H26N4S. The number of thioether (sulfide) groups is 1. The van der Waals surface area contributed by atoms with Gasteiger partial charge < -0.3 is 14.8 Å². The van der Waals surface area contributed by atoms with E-state index in [1.807, 2.05) is 26.5 Å². The number of rotatable bonds is 7. The molecule has 1 aromatic carbocycles. The van der Waals surface area contributed by atoms with E-state index in [0.29, 0.717) is 6.04 Å². The molecule has 1 unspecified atom stereocenters. The highest BCUT2D eigenvalue weighted by Crippen LogP contribution is 2.19. The molecule has 2 aromatic rings. The summed E-state index contributed by atoms with van der Waals surface area (Å²) in [6, 6.07) is 8.83. The lowest BCUT2D eigenvalue weighted by Crippen LogP contribution is -2.30. The van der Waals surface area contributed by atoms with Gasteiger partial charge in [0.15, 0.2) is 5.16 Å².